The van der Waals surface area contributed by atoms with E-state index >= 15 is 0 Å². The first kappa shape index (κ1) is 23.1. The smallest absolute Gasteiger partial charge is 0.255 e. The van der Waals surface area contributed by atoms with Crippen LogP contribution in [0, 0.1) is 0 Å². The van der Waals surface area contributed by atoms with Crippen molar-refractivity contribution in [1.82, 2.24) is 5.32 Å². The Bertz CT molecular complexity index is 1250. The first-order valence-corrected chi connectivity index (χ1v) is 11.4. The number of hydrazone groups is 1. The number of para-hydroxylation sites is 1. The van der Waals surface area contributed by atoms with Crippen LogP contribution in [0.25, 0.3) is 0 Å². The highest BCUT2D eigenvalue weighted by Gasteiger charge is 2.26. The van der Waals surface area contributed by atoms with Crippen molar-refractivity contribution in [2.75, 3.05) is 23.2 Å². The number of carbonyl (C=O) groups is 3. The zero-order valence-electron chi connectivity index (χ0n) is 18.4. The number of hydrogen-bond acceptors (Lipinski definition) is 6. The molecule has 3 aromatic carbocycles. The summed E-state index contributed by atoms with van der Waals surface area (Å²) in [5.41, 5.74) is 1.75. The fraction of sp³-hybridized carbons (Fsp3) is 0.120. The highest BCUT2D eigenvalue weighted by Crippen LogP contribution is 2.23. The topological polar surface area (TPSA) is 100 Å². The Morgan fingerprint density at radius 3 is 2.59 bits per heavy atom. The van der Waals surface area contributed by atoms with E-state index in [1.165, 1.54) is 16.8 Å². The fourth-order valence-corrected chi connectivity index (χ4v) is 4.00. The molecule has 0 saturated heterocycles. The lowest BCUT2D eigenvalue weighted by molar-refractivity contribution is -0.117. The van der Waals surface area contributed by atoms with Crippen LogP contribution in [0.4, 0.5) is 11.4 Å². The van der Waals surface area contributed by atoms with Crippen molar-refractivity contribution in [3.63, 3.8) is 0 Å². The number of nitrogens with one attached hydrogen (secondary N) is 2. The molecule has 0 spiro atoms. The Balaban J connectivity index is 1.32. The number of ether oxygens (including phenoxy) is 1. The van der Waals surface area contributed by atoms with Gasteiger partial charge in [0.25, 0.3) is 11.8 Å². The van der Waals surface area contributed by atoms with E-state index in [0.717, 1.165) is 4.90 Å². The van der Waals surface area contributed by atoms with E-state index < -0.39 is 0 Å². The van der Waals surface area contributed by atoms with Crippen molar-refractivity contribution < 1.29 is 19.1 Å². The van der Waals surface area contributed by atoms with Crippen molar-refractivity contribution in [1.29, 1.82) is 0 Å². The number of hydrogen-bond donors (Lipinski definition) is 2. The molecule has 9 heteroatoms. The molecular formula is C25H22N4O4S. The van der Waals surface area contributed by atoms with E-state index in [1.807, 2.05) is 24.3 Å². The monoisotopic (exact) mass is 474 g/mol. The van der Waals surface area contributed by atoms with E-state index in [0.29, 0.717) is 28.5 Å². The molecule has 3 amide bonds. The van der Waals surface area contributed by atoms with Gasteiger partial charge in [-0.25, -0.2) is 0 Å². The van der Waals surface area contributed by atoms with Gasteiger partial charge in [0.15, 0.2) is 0 Å². The molecule has 2 N–H and O–H groups in total. The minimum atomic E-state index is -0.266. The molecule has 0 radical (unpaired) electrons. The van der Waals surface area contributed by atoms with Gasteiger partial charge in [0, 0.05) is 16.1 Å². The van der Waals surface area contributed by atoms with E-state index in [1.54, 1.807) is 61.7 Å². The predicted molar refractivity (Wildman–Crippen MR) is 132 cm³/mol. The van der Waals surface area contributed by atoms with Gasteiger partial charge in [0.2, 0.25) is 5.91 Å². The maximum atomic E-state index is 12.5. The first-order valence-electron chi connectivity index (χ1n) is 10.5. The largest absolute Gasteiger partial charge is 0.497 e. The number of anilines is 2. The summed E-state index contributed by atoms with van der Waals surface area (Å²) in [6.45, 7) is 0. The summed E-state index contributed by atoms with van der Waals surface area (Å²) < 4.78 is 5.16. The number of methoxy groups -OCH3 is 1. The molecule has 0 unspecified atom stereocenters. The number of carbonyl (C=O) groups excluding carboxylic acids is 3. The molecule has 0 atom stereocenters. The maximum Gasteiger partial charge on any atom is 0.255 e. The van der Waals surface area contributed by atoms with E-state index in [-0.39, 0.29) is 29.9 Å². The summed E-state index contributed by atoms with van der Waals surface area (Å²) in [5, 5.41) is 11.1. The molecule has 8 nitrogen and oxygen atoms in total. The van der Waals surface area contributed by atoms with Crippen LogP contribution in [-0.4, -0.2) is 36.4 Å². The minimum absolute atomic E-state index is 0.0388. The highest BCUT2D eigenvalue weighted by atomic mass is 32.2. The third kappa shape index (κ3) is 5.81. The molecule has 0 bridgehead atoms. The molecule has 1 aliphatic heterocycles. The Labute approximate surface area is 201 Å². The Kier molecular flexibility index (Phi) is 7.24. The zero-order chi connectivity index (χ0) is 23.9. The summed E-state index contributed by atoms with van der Waals surface area (Å²) in [6, 6.07) is 23.2. The molecule has 1 heterocycles. The van der Waals surface area contributed by atoms with Crippen LogP contribution >= 0.6 is 11.8 Å². The number of benzene rings is 3. The van der Waals surface area contributed by atoms with Gasteiger partial charge in [-0.15, -0.1) is 11.8 Å². The second-order valence-electron chi connectivity index (χ2n) is 7.32. The van der Waals surface area contributed by atoms with Crippen molar-refractivity contribution in [3.05, 3.63) is 84.4 Å². The molecule has 1 aliphatic rings. The normalized spacial score (nSPS) is 12.8. The molecule has 0 aromatic heterocycles. The Morgan fingerprint density at radius 2 is 1.79 bits per heavy atom. The van der Waals surface area contributed by atoms with Crippen LogP contribution in [0.3, 0.4) is 0 Å². The number of nitrogens with zero attached hydrogens (tertiary/aromatic N) is 2. The lowest BCUT2D eigenvalue weighted by Gasteiger charge is -2.10. The SMILES string of the molecule is COc1cccc(C(=O)Nc2cccc(SCC(=O)NC3=NN(c4ccccc4)C(=O)C3)c2)c1. The molecule has 0 aliphatic carbocycles. The van der Waals surface area contributed by atoms with Gasteiger partial charge in [-0.3, -0.25) is 14.4 Å². The molecule has 4 rings (SSSR count). The van der Waals surface area contributed by atoms with Crippen LogP contribution < -0.4 is 20.4 Å². The van der Waals surface area contributed by atoms with Gasteiger partial charge in [0.1, 0.15) is 11.6 Å². The molecule has 0 saturated carbocycles. The average Bonchev–Trinajstić information content (AvgIpc) is 3.23. The fourth-order valence-electron chi connectivity index (χ4n) is 3.25. The summed E-state index contributed by atoms with van der Waals surface area (Å²) >= 11 is 1.32. The van der Waals surface area contributed by atoms with Crippen molar-refractivity contribution >= 4 is 46.7 Å². The van der Waals surface area contributed by atoms with Crippen LogP contribution in [0.15, 0.2) is 88.9 Å². The van der Waals surface area contributed by atoms with Gasteiger partial charge in [-0.05, 0) is 48.5 Å². The Hall–Kier alpha value is -4.11. The van der Waals surface area contributed by atoms with Crippen LogP contribution in [0.1, 0.15) is 16.8 Å². The second kappa shape index (κ2) is 10.7. The van der Waals surface area contributed by atoms with Crippen LogP contribution in [0.2, 0.25) is 0 Å². The summed E-state index contributed by atoms with van der Waals surface area (Å²) in [7, 11) is 1.55. The molecular weight excluding hydrogens is 452 g/mol. The third-order valence-corrected chi connectivity index (χ3v) is 5.85. The average molecular weight is 475 g/mol. The molecule has 3 aromatic rings. The summed E-state index contributed by atoms with van der Waals surface area (Å²) in [4.78, 5) is 38.0. The van der Waals surface area contributed by atoms with E-state index in [4.69, 9.17) is 4.74 Å². The number of thioether (sulfide) groups is 1. The molecule has 0 fully saturated rings. The van der Waals surface area contributed by atoms with Gasteiger partial charge in [0.05, 0.1) is 25.0 Å². The number of rotatable bonds is 7. The number of amides is 3. The van der Waals surface area contributed by atoms with Crippen LogP contribution in [0.5, 0.6) is 5.75 Å². The summed E-state index contributed by atoms with van der Waals surface area (Å²) in [6.07, 6.45) is 0.0388. The summed E-state index contributed by atoms with van der Waals surface area (Å²) in [5.74, 6) is 0.324. The molecule has 34 heavy (non-hydrogen) atoms. The van der Waals surface area contributed by atoms with Crippen molar-refractivity contribution in [3.8, 4) is 5.75 Å². The van der Waals surface area contributed by atoms with Crippen molar-refractivity contribution in [2.24, 2.45) is 5.10 Å². The van der Waals surface area contributed by atoms with Gasteiger partial charge < -0.3 is 15.4 Å². The Morgan fingerprint density at radius 1 is 1.00 bits per heavy atom. The first-order chi connectivity index (χ1) is 16.5. The zero-order valence-corrected chi connectivity index (χ0v) is 19.2. The van der Waals surface area contributed by atoms with Crippen LogP contribution in [-0.2, 0) is 9.59 Å². The van der Waals surface area contributed by atoms with E-state index in [9.17, 15) is 14.4 Å². The maximum absolute atomic E-state index is 12.5. The quantitative estimate of drug-likeness (QED) is 0.506. The molecule has 172 valence electrons. The lowest BCUT2D eigenvalue weighted by atomic mass is 10.2. The van der Waals surface area contributed by atoms with Gasteiger partial charge >= 0.3 is 0 Å². The second-order valence-corrected chi connectivity index (χ2v) is 8.36. The van der Waals surface area contributed by atoms with Gasteiger partial charge in [-0.1, -0.05) is 30.3 Å². The lowest BCUT2D eigenvalue weighted by Crippen LogP contribution is -2.31. The predicted octanol–water partition coefficient (Wildman–Crippen LogP) is 3.91. The van der Waals surface area contributed by atoms with Crippen molar-refractivity contribution in [2.45, 2.75) is 11.3 Å². The van der Waals surface area contributed by atoms with Gasteiger partial charge in [-0.2, -0.15) is 10.1 Å². The minimum Gasteiger partial charge on any atom is -0.497 e. The highest BCUT2D eigenvalue weighted by molar-refractivity contribution is 8.00. The van der Waals surface area contributed by atoms with E-state index in [2.05, 4.69) is 15.7 Å². The third-order valence-electron chi connectivity index (χ3n) is 4.85. The number of amidine groups is 1. The standard InChI is InChI=1S/C25H22N4O4S/c1-33-20-11-5-7-17(13-20)25(32)26-18-8-6-12-21(14-18)34-16-23(30)27-22-15-24(31)29(28-22)19-9-3-2-4-10-19/h2-14H,15-16H2,1H3,(H,26,32)(H,27,28,30).